The van der Waals surface area contributed by atoms with E-state index in [-0.39, 0.29) is 0 Å². The summed E-state index contributed by atoms with van der Waals surface area (Å²) in [5.41, 5.74) is 1.15. The van der Waals surface area contributed by atoms with Gasteiger partial charge in [0.15, 0.2) is 0 Å². The van der Waals surface area contributed by atoms with Crippen molar-refractivity contribution < 1.29 is 9.47 Å². The van der Waals surface area contributed by atoms with Crippen LogP contribution in [0.1, 0.15) is 25.3 Å². The summed E-state index contributed by atoms with van der Waals surface area (Å²) < 4.78 is 11.1. The Morgan fingerprint density at radius 3 is 2.74 bits per heavy atom. The van der Waals surface area contributed by atoms with Crippen LogP contribution in [0, 0.1) is 6.92 Å². The fourth-order valence-corrected chi connectivity index (χ4v) is 1.74. The molecule has 0 aromatic heterocycles. The second kappa shape index (κ2) is 10.1. The van der Waals surface area contributed by atoms with Crippen molar-refractivity contribution in [1.29, 1.82) is 0 Å². The lowest BCUT2D eigenvalue weighted by Gasteiger charge is -2.10. The van der Waals surface area contributed by atoms with Crippen molar-refractivity contribution in [2.75, 3.05) is 32.9 Å². The molecule has 0 saturated carbocycles. The van der Waals surface area contributed by atoms with Gasteiger partial charge in [0.1, 0.15) is 12.4 Å². The molecule has 0 radical (unpaired) electrons. The molecule has 1 aromatic rings. The fourth-order valence-electron chi connectivity index (χ4n) is 1.57. The Morgan fingerprint density at radius 1 is 1.16 bits per heavy atom. The van der Waals surface area contributed by atoms with E-state index in [4.69, 9.17) is 21.1 Å². The normalized spacial score (nSPS) is 10.7. The smallest absolute Gasteiger partial charge is 0.138 e. The molecule has 0 heterocycles. The number of nitrogens with one attached hydrogen (secondary N) is 1. The molecule has 19 heavy (non-hydrogen) atoms. The van der Waals surface area contributed by atoms with Crippen molar-refractivity contribution in [2.24, 2.45) is 0 Å². The highest BCUT2D eigenvalue weighted by atomic mass is 35.5. The first-order valence-corrected chi connectivity index (χ1v) is 7.29. The Kier molecular flexibility index (Phi) is 8.63. The molecule has 1 rings (SSSR count). The molecule has 0 aliphatic rings. The largest absolute Gasteiger partial charge is 0.491 e. The summed E-state index contributed by atoms with van der Waals surface area (Å²) >= 11 is 6.04. The standard InChI is InChI=1S/C15H24ClNO2/c1-3-4-9-18-10-7-17-8-11-19-15-12-13(2)5-6-14(15)16/h5-6,12,17H,3-4,7-11H2,1-2H3. The molecule has 108 valence electrons. The summed E-state index contributed by atoms with van der Waals surface area (Å²) in [7, 11) is 0. The minimum absolute atomic E-state index is 0.609. The van der Waals surface area contributed by atoms with Crippen molar-refractivity contribution in [3.05, 3.63) is 28.8 Å². The Labute approximate surface area is 121 Å². The highest BCUT2D eigenvalue weighted by Gasteiger charge is 2.00. The van der Waals surface area contributed by atoms with Gasteiger partial charge in [-0.15, -0.1) is 0 Å². The van der Waals surface area contributed by atoms with Crippen LogP contribution in [0.5, 0.6) is 5.75 Å². The van der Waals surface area contributed by atoms with Crippen molar-refractivity contribution >= 4 is 11.6 Å². The molecule has 0 amide bonds. The molecule has 0 bridgehead atoms. The molecule has 1 N–H and O–H groups in total. The zero-order valence-electron chi connectivity index (χ0n) is 11.9. The molecule has 1 aromatic carbocycles. The summed E-state index contributed by atoms with van der Waals surface area (Å²) in [5.74, 6) is 0.752. The zero-order valence-corrected chi connectivity index (χ0v) is 12.6. The average molecular weight is 286 g/mol. The summed E-state index contributed by atoms with van der Waals surface area (Å²) in [6.07, 6.45) is 2.31. The molecule has 0 atom stereocenters. The van der Waals surface area contributed by atoms with Crippen LogP contribution in [0.4, 0.5) is 0 Å². The van der Waals surface area contributed by atoms with Crippen LogP contribution >= 0.6 is 11.6 Å². The van der Waals surface area contributed by atoms with Crippen molar-refractivity contribution in [3.63, 3.8) is 0 Å². The van der Waals surface area contributed by atoms with E-state index in [0.717, 1.165) is 44.0 Å². The van der Waals surface area contributed by atoms with Gasteiger partial charge in [-0.2, -0.15) is 0 Å². The first-order chi connectivity index (χ1) is 9.24. The maximum atomic E-state index is 6.04. The molecule has 0 spiro atoms. The number of rotatable bonds is 10. The molecular weight excluding hydrogens is 262 g/mol. The third-order valence-electron chi connectivity index (χ3n) is 2.69. The number of benzene rings is 1. The van der Waals surface area contributed by atoms with Gasteiger partial charge < -0.3 is 14.8 Å². The van der Waals surface area contributed by atoms with E-state index in [2.05, 4.69) is 12.2 Å². The number of unbranched alkanes of at least 4 members (excludes halogenated alkanes) is 1. The predicted octanol–water partition coefficient (Wildman–Crippen LogP) is 3.43. The van der Waals surface area contributed by atoms with E-state index in [0.29, 0.717) is 11.6 Å². The summed E-state index contributed by atoms with van der Waals surface area (Å²) in [5, 5.41) is 3.93. The van der Waals surface area contributed by atoms with Gasteiger partial charge in [-0.25, -0.2) is 0 Å². The number of hydrogen-bond acceptors (Lipinski definition) is 3. The van der Waals surface area contributed by atoms with Gasteiger partial charge in [0.25, 0.3) is 0 Å². The lowest BCUT2D eigenvalue weighted by Crippen LogP contribution is -2.25. The topological polar surface area (TPSA) is 30.5 Å². The van der Waals surface area contributed by atoms with Gasteiger partial charge in [0.05, 0.1) is 11.6 Å². The van der Waals surface area contributed by atoms with Crippen LogP contribution in [0.3, 0.4) is 0 Å². The van der Waals surface area contributed by atoms with Gasteiger partial charge in [0, 0.05) is 19.7 Å². The third kappa shape index (κ3) is 7.41. The highest BCUT2D eigenvalue weighted by molar-refractivity contribution is 6.32. The third-order valence-corrected chi connectivity index (χ3v) is 3.00. The van der Waals surface area contributed by atoms with Crippen LogP contribution in [0.15, 0.2) is 18.2 Å². The first kappa shape index (κ1) is 16.3. The van der Waals surface area contributed by atoms with Crippen LogP contribution in [0.25, 0.3) is 0 Å². The maximum absolute atomic E-state index is 6.04. The molecular formula is C15H24ClNO2. The number of aryl methyl sites for hydroxylation is 1. The van der Waals surface area contributed by atoms with E-state index in [1.165, 1.54) is 6.42 Å². The Balaban J connectivity index is 2.03. The minimum Gasteiger partial charge on any atom is -0.491 e. The first-order valence-electron chi connectivity index (χ1n) is 6.91. The van der Waals surface area contributed by atoms with E-state index in [1.807, 2.05) is 25.1 Å². The number of hydrogen-bond donors (Lipinski definition) is 1. The second-order valence-electron chi connectivity index (χ2n) is 4.50. The molecule has 0 unspecified atom stereocenters. The summed E-state index contributed by atoms with van der Waals surface area (Å²) in [4.78, 5) is 0. The van der Waals surface area contributed by atoms with Gasteiger partial charge in [-0.3, -0.25) is 0 Å². The van der Waals surface area contributed by atoms with Crippen LogP contribution < -0.4 is 10.1 Å². The van der Waals surface area contributed by atoms with Crippen LogP contribution in [-0.4, -0.2) is 32.9 Å². The summed E-state index contributed by atoms with van der Waals surface area (Å²) in [6.45, 7) is 8.05. The van der Waals surface area contributed by atoms with Crippen molar-refractivity contribution in [2.45, 2.75) is 26.7 Å². The molecule has 4 heteroatoms. The highest BCUT2D eigenvalue weighted by Crippen LogP contribution is 2.24. The number of ether oxygens (including phenoxy) is 2. The molecule has 3 nitrogen and oxygen atoms in total. The molecule has 0 aliphatic heterocycles. The van der Waals surface area contributed by atoms with Crippen molar-refractivity contribution in [1.82, 2.24) is 5.32 Å². The summed E-state index contributed by atoms with van der Waals surface area (Å²) in [6, 6.07) is 5.79. The van der Waals surface area contributed by atoms with E-state index < -0.39 is 0 Å². The van der Waals surface area contributed by atoms with Crippen LogP contribution in [0.2, 0.25) is 5.02 Å². The van der Waals surface area contributed by atoms with Gasteiger partial charge in [-0.05, 0) is 31.0 Å². The Hall–Kier alpha value is -0.770. The predicted molar refractivity (Wildman–Crippen MR) is 80.3 cm³/mol. The van der Waals surface area contributed by atoms with E-state index in [9.17, 15) is 0 Å². The fraction of sp³-hybridized carbons (Fsp3) is 0.600. The van der Waals surface area contributed by atoms with Gasteiger partial charge in [0.2, 0.25) is 0 Å². The molecule has 0 fully saturated rings. The number of halogens is 1. The minimum atomic E-state index is 0.609. The van der Waals surface area contributed by atoms with Gasteiger partial charge in [-0.1, -0.05) is 31.0 Å². The zero-order chi connectivity index (χ0) is 13.9. The molecule has 0 aliphatic carbocycles. The van der Waals surface area contributed by atoms with Gasteiger partial charge >= 0.3 is 0 Å². The average Bonchev–Trinajstić information content (AvgIpc) is 2.40. The maximum Gasteiger partial charge on any atom is 0.138 e. The van der Waals surface area contributed by atoms with Crippen molar-refractivity contribution in [3.8, 4) is 5.75 Å². The SMILES string of the molecule is CCCCOCCNCCOc1cc(C)ccc1Cl. The Bertz CT molecular complexity index is 358. The second-order valence-corrected chi connectivity index (χ2v) is 4.91. The lowest BCUT2D eigenvalue weighted by atomic mass is 10.2. The van der Waals surface area contributed by atoms with Crippen LogP contribution in [-0.2, 0) is 4.74 Å². The Morgan fingerprint density at radius 2 is 1.95 bits per heavy atom. The lowest BCUT2D eigenvalue weighted by molar-refractivity contribution is 0.132. The quantitative estimate of drug-likeness (QED) is 0.668. The monoisotopic (exact) mass is 285 g/mol. The van der Waals surface area contributed by atoms with E-state index in [1.54, 1.807) is 0 Å². The van der Waals surface area contributed by atoms with E-state index >= 15 is 0 Å². The molecule has 0 saturated heterocycles.